The van der Waals surface area contributed by atoms with Gasteiger partial charge in [0.15, 0.2) is 0 Å². The molecule has 14 nitrogen and oxygen atoms in total. The Kier molecular flexibility index (Phi) is 17.5. The number of sulfone groups is 1. The molecule has 4 fully saturated rings. The van der Waals surface area contributed by atoms with Crippen molar-refractivity contribution < 1.29 is 44.4 Å². The second-order valence-corrected chi connectivity index (χ2v) is 27.9. The fourth-order valence-electron chi connectivity index (χ4n) is 12.1. The van der Waals surface area contributed by atoms with E-state index >= 15 is 0 Å². The minimum atomic E-state index is -6.12. The highest BCUT2D eigenvalue weighted by Gasteiger charge is 2.49. The third kappa shape index (κ3) is 13.9. The van der Waals surface area contributed by atoms with Crippen molar-refractivity contribution in [3.05, 3.63) is 154 Å². The number of likely N-dealkylation sites (tertiary alicyclic amines) is 2. The quantitative estimate of drug-likeness (QED) is 0.0528. The number of benzene rings is 5. The van der Waals surface area contributed by atoms with Gasteiger partial charge in [-0.25, -0.2) is 21.6 Å². The van der Waals surface area contributed by atoms with E-state index < -0.39 is 52.8 Å². The highest BCUT2D eigenvalue weighted by Crippen LogP contribution is 2.43. The Balaban J connectivity index is 0.777. The van der Waals surface area contributed by atoms with Gasteiger partial charge in [-0.2, -0.15) is 13.2 Å². The maximum Gasteiger partial charge on any atom is 0.501 e. The number of alkyl halides is 3. The number of sulfonamides is 1. The number of carbonyl (C=O) groups excluding carboxylic acids is 3. The predicted octanol–water partition coefficient (Wildman–Crippen LogP) is 9.98. The average Bonchev–Trinajstić information content (AvgIpc) is 4.10. The second kappa shape index (κ2) is 24.2. The van der Waals surface area contributed by atoms with Crippen LogP contribution >= 0.6 is 23.4 Å². The van der Waals surface area contributed by atoms with Crippen LogP contribution in [-0.2, 0) is 36.0 Å². The molecule has 4 heterocycles. The van der Waals surface area contributed by atoms with Crippen LogP contribution in [0, 0.1) is 5.41 Å². The molecule has 4 aliphatic heterocycles. The van der Waals surface area contributed by atoms with Gasteiger partial charge < -0.3 is 10.2 Å². The lowest BCUT2D eigenvalue weighted by atomic mass is 9.73. The molecule has 81 heavy (non-hydrogen) atoms. The largest absolute Gasteiger partial charge is 0.501 e. The summed E-state index contributed by atoms with van der Waals surface area (Å²) in [4.78, 5) is 45.8. The fraction of sp³-hybridized carbons (Fsp3) is 0.417. The van der Waals surface area contributed by atoms with Crippen LogP contribution in [0.4, 0.5) is 24.5 Å². The Morgan fingerprint density at radius 2 is 1.52 bits per heavy atom. The molecule has 3 amide bonds. The van der Waals surface area contributed by atoms with Gasteiger partial charge >= 0.3 is 5.51 Å². The van der Waals surface area contributed by atoms with Crippen molar-refractivity contribution in [1.82, 2.24) is 24.7 Å². The summed E-state index contributed by atoms with van der Waals surface area (Å²) < 4.78 is 99.8. The third-order valence-corrected chi connectivity index (χ3v) is 20.8. The number of allylic oxidation sites excluding steroid dienone is 1. The number of carbonyl (C=O) groups is 3. The number of amides is 3. The topological polar surface area (TPSA) is 169 Å². The molecule has 5 aromatic carbocycles. The number of thioether (sulfide) groups is 1. The van der Waals surface area contributed by atoms with Gasteiger partial charge in [-0.3, -0.25) is 34.4 Å². The van der Waals surface area contributed by atoms with E-state index in [9.17, 15) is 44.4 Å². The summed E-state index contributed by atoms with van der Waals surface area (Å²) in [5.41, 5.74) is 0.846. The van der Waals surface area contributed by atoms with Crippen LogP contribution in [0.2, 0.25) is 5.02 Å². The molecule has 1 aliphatic carbocycles. The Labute approximate surface area is 481 Å². The Hall–Kier alpha value is -5.74. The van der Waals surface area contributed by atoms with Crippen LogP contribution in [0.5, 0.6) is 0 Å². The van der Waals surface area contributed by atoms with Crippen molar-refractivity contribution in [2.24, 2.45) is 5.41 Å². The van der Waals surface area contributed by atoms with E-state index in [1.165, 1.54) is 40.6 Å². The molecule has 0 aromatic heterocycles. The van der Waals surface area contributed by atoms with Crippen LogP contribution in [0.25, 0.3) is 5.57 Å². The summed E-state index contributed by atoms with van der Waals surface area (Å²) in [6.45, 7) is 11.4. The minimum Gasteiger partial charge on any atom is -0.380 e. The number of fused-ring (bicyclic) bond motifs is 2. The molecule has 0 radical (unpaired) electrons. The molecule has 5 aliphatic rings. The maximum absolute atomic E-state index is 14.5. The highest BCUT2D eigenvalue weighted by atomic mass is 35.5. The molecule has 10 rings (SSSR count). The van der Waals surface area contributed by atoms with Gasteiger partial charge in [0.05, 0.1) is 16.5 Å². The molecule has 21 heteroatoms. The number of halogens is 4. The van der Waals surface area contributed by atoms with Gasteiger partial charge in [0.25, 0.3) is 25.8 Å². The fourth-order valence-corrected chi connectivity index (χ4v) is 15.2. The molecular weight excluding hydrogens is 1120 g/mol. The van der Waals surface area contributed by atoms with Crippen molar-refractivity contribution in [1.29, 1.82) is 0 Å². The lowest BCUT2D eigenvalue weighted by molar-refractivity contribution is -0.134. The number of nitrogens with zero attached hydrogens (tertiary/aromatic N) is 4. The van der Waals surface area contributed by atoms with Crippen molar-refractivity contribution in [3.63, 3.8) is 0 Å². The van der Waals surface area contributed by atoms with E-state index in [-0.39, 0.29) is 40.8 Å². The summed E-state index contributed by atoms with van der Waals surface area (Å²) in [5.74, 6) is -1.58. The van der Waals surface area contributed by atoms with Crippen LogP contribution in [0.3, 0.4) is 0 Å². The Morgan fingerprint density at radius 3 is 2.19 bits per heavy atom. The number of piperidine rings is 1. The highest BCUT2D eigenvalue weighted by molar-refractivity contribution is 7.99. The number of rotatable bonds is 19. The van der Waals surface area contributed by atoms with E-state index in [0.29, 0.717) is 49.2 Å². The van der Waals surface area contributed by atoms with Crippen LogP contribution in [-0.4, -0.2) is 131 Å². The average molecular weight is 1190 g/mol. The number of imide groups is 1. The Morgan fingerprint density at radius 1 is 0.827 bits per heavy atom. The zero-order chi connectivity index (χ0) is 57.3. The SMILES string of the molecule is CC1(C)CCC(c2ccc(Cl)cc2)=C(CN2CCN(c3ccc(C(=O)NS(=O)(=O)c4ccc(N[C@H](CCN5C[C@@H]6C[C@H]5CN6Cc5ccc(C6CCC(=O)NC6=O)cc5)CSc5ccccc5)c(S(=O)(=O)C(F)(F)F)c4)cc3)CC2)C1. The molecule has 430 valence electrons. The van der Waals surface area contributed by atoms with Crippen molar-refractivity contribution >= 4 is 77.9 Å². The molecule has 3 N–H and O–H groups in total. The van der Waals surface area contributed by atoms with Gasteiger partial charge in [0.1, 0.15) is 4.90 Å². The smallest absolute Gasteiger partial charge is 0.380 e. The molecule has 4 saturated heterocycles. The van der Waals surface area contributed by atoms with Gasteiger partial charge in [-0.15, -0.1) is 11.8 Å². The normalized spacial score (nSPS) is 21.5. The first-order valence-electron chi connectivity index (χ1n) is 27.5. The van der Waals surface area contributed by atoms with E-state index in [1.807, 2.05) is 71.5 Å². The van der Waals surface area contributed by atoms with Gasteiger partial charge in [-0.05, 0) is 133 Å². The zero-order valence-corrected chi connectivity index (χ0v) is 48.5. The second-order valence-electron chi connectivity index (χ2n) is 22.7. The van der Waals surface area contributed by atoms with Gasteiger partial charge in [-0.1, -0.05) is 85.6 Å². The molecular formula is C60H67ClF3N7O7S3. The summed E-state index contributed by atoms with van der Waals surface area (Å²) in [6.07, 6.45) is 5.26. The van der Waals surface area contributed by atoms with E-state index in [2.05, 4.69) is 56.2 Å². The molecule has 2 bridgehead atoms. The lowest BCUT2D eigenvalue weighted by Crippen LogP contribution is -2.47. The summed E-state index contributed by atoms with van der Waals surface area (Å²) in [6, 6.07) is 34.2. The first-order chi connectivity index (χ1) is 38.6. The maximum atomic E-state index is 14.5. The van der Waals surface area contributed by atoms with Gasteiger partial charge in [0.2, 0.25) is 11.8 Å². The third-order valence-electron chi connectivity index (χ3n) is 16.5. The molecule has 0 spiro atoms. The number of piperazine rings is 2. The summed E-state index contributed by atoms with van der Waals surface area (Å²) >= 11 is 7.66. The zero-order valence-electron chi connectivity index (χ0n) is 45.3. The first kappa shape index (κ1) is 58.5. The van der Waals surface area contributed by atoms with Crippen LogP contribution in [0.1, 0.15) is 91.8 Å². The molecule has 1 unspecified atom stereocenters. The van der Waals surface area contributed by atoms with Crippen molar-refractivity contribution in [2.75, 3.05) is 68.3 Å². The minimum absolute atomic E-state index is 0.0139. The summed E-state index contributed by atoms with van der Waals surface area (Å²) in [7, 11) is -11.0. The van der Waals surface area contributed by atoms with Crippen molar-refractivity contribution in [2.45, 2.75) is 110 Å². The molecule has 4 atom stereocenters. The van der Waals surface area contributed by atoms with Crippen molar-refractivity contribution in [3.8, 4) is 0 Å². The Bertz CT molecular complexity index is 3380. The van der Waals surface area contributed by atoms with E-state index in [4.69, 9.17) is 11.6 Å². The monoisotopic (exact) mass is 1190 g/mol. The first-order valence-corrected chi connectivity index (χ1v) is 31.8. The number of nitrogens with one attached hydrogen (secondary N) is 3. The van der Waals surface area contributed by atoms with E-state index in [0.717, 1.165) is 105 Å². The number of hydrogen-bond acceptors (Lipinski definition) is 13. The molecule has 5 aromatic rings. The number of anilines is 2. The van der Waals surface area contributed by atoms with Crippen LogP contribution in [0.15, 0.2) is 142 Å². The number of hydrogen-bond donors (Lipinski definition) is 3. The van der Waals surface area contributed by atoms with E-state index in [1.54, 1.807) is 12.1 Å². The predicted molar refractivity (Wildman–Crippen MR) is 310 cm³/mol. The standard InChI is InChI=1S/C60H67ClF3N7O7S3/c1-59(2)26-24-52(41-12-16-45(61)17-13-41)44(34-59)36-68-28-30-69(31-29-68)47-18-14-43(15-19-47)57(73)67-81(77,78)51-20-22-54(55(33-51)80(75,76)60(62,63)64)65-46(39-79-50-6-4-3-5-7-50)25-27-70-37-49-32-48(70)38-71(49)35-40-8-10-42(11-9-40)53-21-23-56(72)66-58(53)74/h3-20,22,33,46,48-49,53,65H,21,23-32,34-39H2,1-2H3,(H,67,73)(H,66,72,74)/t46-,48+,49+,53?/m1/s1. The van der Waals surface area contributed by atoms with Crippen LogP contribution < -0.4 is 20.3 Å². The van der Waals surface area contributed by atoms with Gasteiger partial charge in [0, 0.05) is 110 Å². The molecule has 0 saturated carbocycles. The lowest BCUT2D eigenvalue weighted by Gasteiger charge is -2.39. The summed E-state index contributed by atoms with van der Waals surface area (Å²) in [5, 5.41) is 6.20.